The SMILES string of the molecule is N#CC#C[C@@H](Cc1ccc(O)cc1)c1ccc(O)cc1. The number of rotatable bonds is 3. The van der Waals surface area contributed by atoms with Crippen molar-refractivity contribution in [3.8, 4) is 29.4 Å². The fraction of sp³-hybridized carbons (Fsp3) is 0.118. The van der Waals surface area contributed by atoms with Crippen molar-refractivity contribution in [2.24, 2.45) is 0 Å². The van der Waals surface area contributed by atoms with Crippen LogP contribution in [-0.2, 0) is 6.42 Å². The van der Waals surface area contributed by atoms with Gasteiger partial charge in [-0.3, -0.25) is 0 Å². The minimum Gasteiger partial charge on any atom is -0.508 e. The second-order valence-electron chi connectivity index (χ2n) is 4.40. The van der Waals surface area contributed by atoms with Crippen molar-refractivity contribution >= 4 is 0 Å². The van der Waals surface area contributed by atoms with Crippen molar-refractivity contribution in [3.05, 3.63) is 59.7 Å². The molecule has 2 aromatic rings. The highest BCUT2D eigenvalue weighted by molar-refractivity contribution is 5.37. The van der Waals surface area contributed by atoms with Gasteiger partial charge in [0.25, 0.3) is 0 Å². The Hall–Kier alpha value is -2.91. The normalized spacial score (nSPS) is 10.9. The molecule has 0 aliphatic carbocycles. The third kappa shape index (κ3) is 3.54. The van der Waals surface area contributed by atoms with Crippen molar-refractivity contribution in [2.75, 3.05) is 0 Å². The number of nitriles is 1. The zero-order valence-corrected chi connectivity index (χ0v) is 10.7. The molecule has 0 fully saturated rings. The summed E-state index contributed by atoms with van der Waals surface area (Å²) >= 11 is 0. The van der Waals surface area contributed by atoms with E-state index in [1.807, 2.05) is 18.2 Å². The van der Waals surface area contributed by atoms with Gasteiger partial charge in [0, 0.05) is 5.92 Å². The molecule has 0 saturated carbocycles. The van der Waals surface area contributed by atoms with Gasteiger partial charge in [-0.05, 0) is 41.8 Å². The molecule has 2 N–H and O–H groups in total. The lowest BCUT2D eigenvalue weighted by molar-refractivity contribution is 0.474. The van der Waals surface area contributed by atoms with Crippen LogP contribution in [0.2, 0.25) is 0 Å². The first-order valence-corrected chi connectivity index (χ1v) is 6.15. The Morgan fingerprint density at radius 3 is 2.00 bits per heavy atom. The Labute approximate surface area is 117 Å². The topological polar surface area (TPSA) is 64.2 Å². The summed E-state index contributed by atoms with van der Waals surface area (Å²) in [5.74, 6) is 5.64. The van der Waals surface area contributed by atoms with Crippen LogP contribution in [0.25, 0.3) is 0 Å². The van der Waals surface area contributed by atoms with Gasteiger partial charge in [0.1, 0.15) is 11.5 Å². The number of benzene rings is 2. The number of phenolic OH excluding ortho intramolecular Hbond substituents is 2. The quantitative estimate of drug-likeness (QED) is 0.837. The molecule has 0 radical (unpaired) electrons. The van der Waals surface area contributed by atoms with Gasteiger partial charge < -0.3 is 10.2 Å². The standard InChI is InChI=1S/C17H13NO2/c18-11-1-2-15(14-5-9-17(20)10-6-14)12-13-3-7-16(19)8-4-13/h3-10,15,19-20H,12H2/t15-/m0/s1. The highest BCUT2D eigenvalue weighted by atomic mass is 16.3. The Morgan fingerprint density at radius 2 is 1.45 bits per heavy atom. The summed E-state index contributed by atoms with van der Waals surface area (Å²) in [5.41, 5.74) is 1.96. The number of hydrogen-bond acceptors (Lipinski definition) is 3. The molecule has 0 spiro atoms. The van der Waals surface area contributed by atoms with Gasteiger partial charge in [-0.2, -0.15) is 5.26 Å². The summed E-state index contributed by atoms with van der Waals surface area (Å²) < 4.78 is 0. The van der Waals surface area contributed by atoms with E-state index in [-0.39, 0.29) is 17.4 Å². The van der Waals surface area contributed by atoms with Crippen LogP contribution in [-0.4, -0.2) is 10.2 Å². The molecule has 98 valence electrons. The maximum Gasteiger partial charge on any atom is 0.152 e. The van der Waals surface area contributed by atoms with Crippen LogP contribution < -0.4 is 0 Å². The Morgan fingerprint density at radius 1 is 0.900 bits per heavy atom. The van der Waals surface area contributed by atoms with E-state index in [4.69, 9.17) is 5.26 Å². The molecule has 0 aromatic heterocycles. The molecule has 20 heavy (non-hydrogen) atoms. The van der Waals surface area contributed by atoms with E-state index in [9.17, 15) is 10.2 Å². The van der Waals surface area contributed by atoms with Crippen LogP contribution in [0.3, 0.4) is 0 Å². The maximum atomic E-state index is 9.32. The Bertz CT molecular complexity index is 670. The molecule has 2 aromatic carbocycles. The zero-order chi connectivity index (χ0) is 14.4. The Kier molecular flexibility index (Phi) is 4.27. The van der Waals surface area contributed by atoms with Crippen molar-refractivity contribution in [3.63, 3.8) is 0 Å². The predicted octanol–water partition coefficient (Wildman–Crippen LogP) is 2.95. The molecule has 0 saturated heterocycles. The first-order chi connectivity index (χ1) is 9.69. The average Bonchev–Trinajstić information content (AvgIpc) is 2.46. The fourth-order valence-electron chi connectivity index (χ4n) is 1.95. The second kappa shape index (κ2) is 6.31. The molecule has 0 aliphatic rings. The van der Waals surface area contributed by atoms with Crippen molar-refractivity contribution in [1.82, 2.24) is 0 Å². The Balaban J connectivity index is 2.26. The summed E-state index contributed by atoms with van der Waals surface area (Å²) in [6.07, 6.45) is 0.639. The van der Waals surface area contributed by atoms with E-state index in [2.05, 4.69) is 11.8 Å². The minimum absolute atomic E-state index is 0.125. The largest absolute Gasteiger partial charge is 0.508 e. The van der Waals surface area contributed by atoms with Crippen LogP contribution in [0.1, 0.15) is 17.0 Å². The summed E-state index contributed by atoms with van der Waals surface area (Å²) in [4.78, 5) is 0. The molecule has 3 heteroatoms. The summed E-state index contributed by atoms with van der Waals surface area (Å²) in [6.45, 7) is 0. The molecule has 0 amide bonds. The maximum absolute atomic E-state index is 9.32. The van der Waals surface area contributed by atoms with Crippen LogP contribution in [0.5, 0.6) is 11.5 Å². The first-order valence-electron chi connectivity index (χ1n) is 6.15. The van der Waals surface area contributed by atoms with E-state index >= 15 is 0 Å². The number of phenols is 2. The van der Waals surface area contributed by atoms with Crippen molar-refractivity contribution in [1.29, 1.82) is 5.26 Å². The summed E-state index contributed by atoms with van der Waals surface area (Å²) in [7, 11) is 0. The van der Waals surface area contributed by atoms with Crippen molar-refractivity contribution < 1.29 is 10.2 Å². The number of hydrogen-bond donors (Lipinski definition) is 2. The molecule has 0 heterocycles. The smallest absolute Gasteiger partial charge is 0.152 e. The number of nitrogens with zero attached hydrogens (tertiary/aromatic N) is 1. The summed E-state index contributed by atoms with van der Waals surface area (Å²) in [6, 6.07) is 15.5. The van der Waals surface area contributed by atoms with E-state index in [0.717, 1.165) is 11.1 Å². The lowest BCUT2D eigenvalue weighted by Gasteiger charge is -2.11. The first kappa shape index (κ1) is 13.5. The van der Waals surface area contributed by atoms with E-state index < -0.39 is 0 Å². The van der Waals surface area contributed by atoms with E-state index in [1.54, 1.807) is 36.4 Å². The molecule has 0 unspecified atom stereocenters. The minimum atomic E-state index is -0.125. The van der Waals surface area contributed by atoms with Crippen LogP contribution in [0.15, 0.2) is 48.5 Å². The molecule has 3 nitrogen and oxygen atoms in total. The lowest BCUT2D eigenvalue weighted by Crippen LogP contribution is -2.00. The average molecular weight is 263 g/mol. The van der Waals surface area contributed by atoms with Gasteiger partial charge in [-0.25, -0.2) is 0 Å². The van der Waals surface area contributed by atoms with E-state index in [0.29, 0.717) is 6.42 Å². The number of aromatic hydroxyl groups is 2. The summed E-state index contributed by atoms with van der Waals surface area (Å²) in [5, 5.41) is 27.2. The van der Waals surface area contributed by atoms with Gasteiger partial charge in [0.2, 0.25) is 0 Å². The molecule has 0 bridgehead atoms. The third-order valence-electron chi connectivity index (χ3n) is 2.97. The van der Waals surface area contributed by atoms with Crippen molar-refractivity contribution in [2.45, 2.75) is 12.3 Å². The van der Waals surface area contributed by atoms with Gasteiger partial charge in [0.05, 0.1) is 5.92 Å². The fourth-order valence-corrected chi connectivity index (χ4v) is 1.95. The predicted molar refractivity (Wildman–Crippen MR) is 76.0 cm³/mol. The molecular formula is C17H13NO2. The third-order valence-corrected chi connectivity index (χ3v) is 2.97. The molecule has 2 rings (SSSR count). The molecule has 0 aliphatic heterocycles. The monoisotopic (exact) mass is 263 g/mol. The van der Waals surface area contributed by atoms with Crippen LogP contribution in [0.4, 0.5) is 0 Å². The van der Waals surface area contributed by atoms with E-state index in [1.165, 1.54) is 0 Å². The van der Waals surface area contributed by atoms with Crippen LogP contribution >= 0.6 is 0 Å². The highest BCUT2D eigenvalue weighted by Crippen LogP contribution is 2.23. The zero-order valence-electron chi connectivity index (χ0n) is 10.7. The molecular weight excluding hydrogens is 250 g/mol. The van der Waals surface area contributed by atoms with Gasteiger partial charge in [-0.1, -0.05) is 30.2 Å². The molecule has 1 atom stereocenters. The van der Waals surface area contributed by atoms with Gasteiger partial charge in [-0.15, -0.1) is 0 Å². The van der Waals surface area contributed by atoms with Crippen LogP contribution in [0, 0.1) is 23.2 Å². The highest BCUT2D eigenvalue weighted by Gasteiger charge is 2.10. The van der Waals surface area contributed by atoms with Gasteiger partial charge in [0.15, 0.2) is 6.07 Å². The van der Waals surface area contributed by atoms with Gasteiger partial charge >= 0.3 is 0 Å². The second-order valence-corrected chi connectivity index (χ2v) is 4.40. The lowest BCUT2D eigenvalue weighted by atomic mass is 9.92.